The summed E-state index contributed by atoms with van der Waals surface area (Å²) in [5.74, 6) is -0.0304. The Morgan fingerprint density at radius 3 is 2.21 bits per heavy atom. The van der Waals surface area contributed by atoms with Crippen LogP contribution in [0.3, 0.4) is 0 Å². The Morgan fingerprint density at radius 1 is 1.04 bits per heavy atom. The monoisotopic (exact) mass is 344 g/mol. The van der Waals surface area contributed by atoms with E-state index in [4.69, 9.17) is 16.3 Å². The first-order valence-corrected chi connectivity index (χ1v) is 8.79. The number of nitrogens with one attached hydrogen (secondary N) is 1. The van der Waals surface area contributed by atoms with Crippen LogP contribution in [0.1, 0.15) is 30.0 Å². The Kier molecular flexibility index (Phi) is 5.54. The number of benzene rings is 2. The van der Waals surface area contributed by atoms with Crippen LogP contribution in [-0.2, 0) is 9.53 Å². The summed E-state index contributed by atoms with van der Waals surface area (Å²) in [6.07, 6.45) is 1.75. The second-order valence-electron chi connectivity index (χ2n) is 6.35. The summed E-state index contributed by atoms with van der Waals surface area (Å²) in [5, 5.41) is 0.755. The number of hydrogen-bond acceptors (Lipinski definition) is 2. The first-order valence-electron chi connectivity index (χ1n) is 8.42. The molecule has 0 aromatic heterocycles. The van der Waals surface area contributed by atoms with Crippen LogP contribution in [0.4, 0.5) is 0 Å². The van der Waals surface area contributed by atoms with E-state index in [-0.39, 0.29) is 17.9 Å². The molecule has 1 atom stereocenters. The molecule has 3 rings (SSSR count). The molecule has 0 saturated carbocycles. The molecule has 24 heavy (non-hydrogen) atoms. The highest BCUT2D eigenvalue weighted by Gasteiger charge is 2.33. The number of methoxy groups -OCH3 is 1. The molecule has 0 spiro atoms. The number of piperidine rings is 1. The molecule has 126 valence electrons. The molecule has 1 aliphatic rings. The average molecular weight is 345 g/mol. The van der Waals surface area contributed by atoms with Crippen LogP contribution < -0.4 is 4.90 Å². The summed E-state index contributed by atoms with van der Waals surface area (Å²) >= 11 is 6.06. The highest BCUT2D eigenvalue weighted by atomic mass is 35.5. The van der Waals surface area contributed by atoms with E-state index in [1.165, 1.54) is 23.1 Å². The Balaban J connectivity index is 1.84. The molecule has 1 saturated heterocycles. The molecule has 1 heterocycles. The maximum atomic E-state index is 11.8. The summed E-state index contributed by atoms with van der Waals surface area (Å²) in [6, 6.07) is 19.0. The van der Waals surface area contributed by atoms with E-state index < -0.39 is 0 Å². The maximum Gasteiger partial charge on any atom is 0.309 e. The molecule has 1 N–H and O–H groups in total. The fraction of sp³-hybridized carbons (Fsp3) is 0.350. The minimum atomic E-state index is -0.0724. The lowest BCUT2D eigenvalue weighted by atomic mass is 9.91. The number of hydrogen-bond donors (Lipinski definition) is 1. The van der Waals surface area contributed by atoms with Crippen molar-refractivity contribution < 1.29 is 14.4 Å². The first-order chi connectivity index (χ1) is 11.7. The zero-order valence-electron chi connectivity index (χ0n) is 13.9. The molecule has 0 unspecified atom stereocenters. The molecule has 4 heteroatoms. The van der Waals surface area contributed by atoms with Gasteiger partial charge in [-0.3, -0.25) is 4.79 Å². The fourth-order valence-electron chi connectivity index (χ4n) is 3.64. The topological polar surface area (TPSA) is 30.7 Å². The lowest BCUT2D eigenvalue weighted by molar-refractivity contribution is -0.931. The lowest BCUT2D eigenvalue weighted by Crippen LogP contribution is -3.13. The van der Waals surface area contributed by atoms with E-state index in [1.807, 2.05) is 18.2 Å². The molecular weight excluding hydrogens is 322 g/mol. The van der Waals surface area contributed by atoms with Crippen molar-refractivity contribution in [1.29, 1.82) is 0 Å². The fourth-order valence-corrected chi connectivity index (χ4v) is 3.77. The Hall–Kier alpha value is -1.84. The van der Waals surface area contributed by atoms with Crippen LogP contribution in [0.15, 0.2) is 54.6 Å². The Labute approximate surface area is 148 Å². The van der Waals surface area contributed by atoms with Crippen molar-refractivity contribution in [3.63, 3.8) is 0 Å². The molecule has 2 aromatic carbocycles. The van der Waals surface area contributed by atoms with Crippen LogP contribution in [0, 0.1) is 5.92 Å². The van der Waals surface area contributed by atoms with Gasteiger partial charge >= 0.3 is 5.97 Å². The zero-order chi connectivity index (χ0) is 16.9. The second kappa shape index (κ2) is 7.82. The quantitative estimate of drug-likeness (QED) is 0.865. The number of carbonyl (C=O) groups excluding carboxylic acids is 1. The first kappa shape index (κ1) is 17.0. The molecule has 2 aromatic rings. The summed E-state index contributed by atoms with van der Waals surface area (Å²) < 4.78 is 4.90. The van der Waals surface area contributed by atoms with E-state index in [2.05, 4.69) is 36.4 Å². The van der Waals surface area contributed by atoms with Gasteiger partial charge in [-0.2, -0.15) is 0 Å². The van der Waals surface area contributed by atoms with E-state index in [9.17, 15) is 4.79 Å². The van der Waals surface area contributed by atoms with Crippen molar-refractivity contribution >= 4 is 17.6 Å². The summed E-state index contributed by atoms with van der Waals surface area (Å²) in [4.78, 5) is 13.3. The van der Waals surface area contributed by atoms with Gasteiger partial charge in [0, 0.05) is 29.0 Å². The van der Waals surface area contributed by atoms with Crippen molar-refractivity contribution in [2.45, 2.75) is 18.9 Å². The predicted octanol–water partition coefficient (Wildman–Crippen LogP) is 2.90. The number of likely N-dealkylation sites (tertiary alicyclic amines) is 1. The van der Waals surface area contributed by atoms with Crippen molar-refractivity contribution in [3.05, 3.63) is 70.7 Å². The van der Waals surface area contributed by atoms with Crippen LogP contribution in [0.5, 0.6) is 0 Å². The van der Waals surface area contributed by atoms with Gasteiger partial charge in [-0.15, -0.1) is 0 Å². The Bertz CT molecular complexity index is 664. The minimum Gasteiger partial charge on any atom is -0.469 e. The van der Waals surface area contributed by atoms with Gasteiger partial charge in [0.25, 0.3) is 0 Å². The van der Waals surface area contributed by atoms with Gasteiger partial charge in [-0.1, -0.05) is 54.1 Å². The van der Waals surface area contributed by atoms with Crippen molar-refractivity contribution in [3.8, 4) is 0 Å². The van der Waals surface area contributed by atoms with Gasteiger partial charge in [0.2, 0.25) is 0 Å². The number of esters is 1. The Morgan fingerprint density at radius 2 is 1.62 bits per heavy atom. The average Bonchev–Trinajstić information content (AvgIpc) is 2.64. The van der Waals surface area contributed by atoms with E-state index in [1.54, 1.807) is 0 Å². The molecule has 1 aliphatic heterocycles. The third-order valence-electron chi connectivity index (χ3n) is 4.91. The molecule has 1 fully saturated rings. The molecule has 0 aliphatic carbocycles. The number of quaternary nitrogens is 1. The maximum absolute atomic E-state index is 11.8. The summed E-state index contributed by atoms with van der Waals surface area (Å²) in [5.41, 5.74) is 2.56. The van der Waals surface area contributed by atoms with Crippen LogP contribution >= 0.6 is 11.6 Å². The third kappa shape index (κ3) is 3.80. The van der Waals surface area contributed by atoms with Gasteiger partial charge < -0.3 is 9.64 Å². The molecule has 0 amide bonds. The number of carbonyl (C=O) groups is 1. The van der Waals surface area contributed by atoms with Crippen molar-refractivity contribution in [1.82, 2.24) is 0 Å². The number of rotatable bonds is 4. The SMILES string of the molecule is COC(=O)C1CC[NH+]([C@@H](c2ccccc2)c2ccc(Cl)cc2)CC1. The van der Waals surface area contributed by atoms with E-state index in [0.717, 1.165) is 31.0 Å². The summed E-state index contributed by atoms with van der Waals surface area (Å²) in [7, 11) is 1.47. The van der Waals surface area contributed by atoms with E-state index >= 15 is 0 Å². The molecule has 0 radical (unpaired) electrons. The third-order valence-corrected chi connectivity index (χ3v) is 5.16. The molecular formula is C20H23ClNO2+. The van der Waals surface area contributed by atoms with Crippen LogP contribution in [0.2, 0.25) is 5.02 Å². The van der Waals surface area contributed by atoms with E-state index in [0.29, 0.717) is 0 Å². The minimum absolute atomic E-state index is 0.0420. The normalized spacial score (nSPS) is 21.9. The van der Waals surface area contributed by atoms with Crippen LogP contribution in [0.25, 0.3) is 0 Å². The smallest absolute Gasteiger partial charge is 0.309 e. The highest BCUT2D eigenvalue weighted by molar-refractivity contribution is 6.30. The zero-order valence-corrected chi connectivity index (χ0v) is 14.6. The van der Waals surface area contributed by atoms with Gasteiger partial charge in [0.15, 0.2) is 0 Å². The lowest BCUT2D eigenvalue weighted by Gasteiger charge is -2.34. The predicted molar refractivity (Wildman–Crippen MR) is 95.2 cm³/mol. The standard InChI is InChI=1S/C20H22ClNO2/c1-24-20(23)17-11-13-22(14-12-17)19(15-5-3-2-4-6-15)16-7-9-18(21)10-8-16/h2-10,17,19H,11-14H2,1H3/p+1/t19-/m0/s1. The van der Waals surface area contributed by atoms with Crippen molar-refractivity contribution in [2.24, 2.45) is 5.92 Å². The van der Waals surface area contributed by atoms with Crippen LogP contribution in [-0.4, -0.2) is 26.2 Å². The van der Waals surface area contributed by atoms with Gasteiger partial charge in [-0.05, 0) is 12.1 Å². The van der Waals surface area contributed by atoms with Crippen molar-refractivity contribution in [2.75, 3.05) is 20.2 Å². The number of ether oxygens (including phenoxy) is 1. The second-order valence-corrected chi connectivity index (χ2v) is 6.79. The largest absolute Gasteiger partial charge is 0.469 e. The van der Waals surface area contributed by atoms with Gasteiger partial charge in [0.1, 0.15) is 6.04 Å². The highest BCUT2D eigenvalue weighted by Crippen LogP contribution is 2.23. The molecule has 0 bridgehead atoms. The van der Waals surface area contributed by atoms with Gasteiger partial charge in [0.05, 0.1) is 26.1 Å². The number of halogens is 1. The van der Waals surface area contributed by atoms with Gasteiger partial charge in [-0.25, -0.2) is 0 Å². The molecule has 3 nitrogen and oxygen atoms in total. The summed E-state index contributed by atoms with van der Waals surface area (Å²) in [6.45, 7) is 1.92.